The third kappa shape index (κ3) is 1.99. The number of hydrogen-bond donors (Lipinski definition) is 0. The first-order chi connectivity index (χ1) is 10.7. The van der Waals surface area contributed by atoms with Gasteiger partial charge in [0.15, 0.2) is 0 Å². The Kier molecular flexibility index (Phi) is 2.96. The molecule has 0 aliphatic carbocycles. The van der Waals surface area contributed by atoms with Crippen LogP contribution in [0.1, 0.15) is 11.4 Å². The Bertz CT molecular complexity index is 914. The maximum atomic E-state index is 12.5. The van der Waals surface area contributed by atoms with E-state index in [-0.39, 0.29) is 5.56 Å². The molecule has 0 saturated heterocycles. The molecule has 4 nitrogen and oxygen atoms in total. The van der Waals surface area contributed by atoms with Gasteiger partial charge in [0.05, 0.1) is 17.4 Å². The largest absolute Gasteiger partial charge is 0.363 e. The second-order valence-electron chi connectivity index (χ2n) is 5.71. The van der Waals surface area contributed by atoms with Crippen molar-refractivity contribution < 1.29 is 0 Å². The van der Waals surface area contributed by atoms with Crippen LogP contribution in [-0.4, -0.2) is 16.1 Å². The van der Waals surface area contributed by atoms with Crippen LogP contribution in [0.15, 0.2) is 53.3 Å². The molecule has 1 aromatic heterocycles. The van der Waals surface area contributed by atoms with Crippen LogP contribution in [0, 0.1) is 0 Å². The van der Waals surface area contributed by atoms with E-state index in [1.807, 2.05) is 24.3 Å². The van der Waals surface area contributed by atoms with Crippen molar-refractivity contribution in [1.29, 1.82) is 0 Å². The molecule has 0 saturated carbocycles. The van der Waals surface area contributed by atoms with Gasteiger partial charge in [-0.1, -0.05) is 30.3 Å². The molecule has 0 spiro atoms. The smallest absolute Gasteiger partial charge is 0.261 e. The van der Waals surface area contributed by atoms with E-state index in [0.717, 1.165) is 24.3 Å². The topological polar surface area (TPSA) is 38.1 Å². The van der Waals surface area contributed by atoms with E-state index in [1.54, 1.807) is 11.6 Å². The van der Waals surface area contributed by atoms with Crippen LogP contribution in [0.3, 0.4) is 0 Å². The van der Waals surface area contributed by atoms with Gasteiger partial charge in [-0.2, -0.15) is 0 Å². The summed E-state index contributed by atoms with van der Waals surface area (Å²) in [6.07, 6.45) is 1.05. The summed E-state index contributed by atoms with van der Waals surface area (Å²) in [5.41, 5.74) is 3.42. The minimum absolute atomic E-state index is 0.0214. The summed E-state index contributed by atoms with van der Waals surface area (Å²) in [5, 5.41) is 0.676. The van der Waals surface area contributed by atoms with E-state index < -0.39 is 0 Å². The number of fused-ring (bicyclic) bond motifs is 2. The van der Waals surface area contributed by atoms with Gasteiger partial charge >= 0.3 is 0 Å². The van der Waals surface area contributed by atoms with Crippen molar-refractivity contribution in [3.8, 4) is 0 Å². The molecule has 3 aromatic rings. The lowest BCUT2D eigenvalue weighted by atomic mass is 10.2. The first kappa shape index (κ1) is 13.1. The molecular formula is C18H17N3O. The Morgan fingerprint density at radius 1 is 1.09 bits per heavy atom. The van der Waals surface area contributed by atoms with Gasteiger partial charge < -0.3 is 4.90 Å². The highest BCUT2D eigenvalue weighted by atomic mass is 16.1. The molecule has 22 heavy (non-hydrogen) atoms. The molecule has 0 unspecified atom stereocenters. The number of rotatable bonds is 2. The molecule has 0 N–H and O–H groups in total. The van der Waals surface area contributed by atoms with Crippen LogP contribution in [-0.2, 0) is 20.0 Å². The second-order valence-corrected chi connectivity index (χ2v) is 5.71. The molecule has 4 heteroatoms. The normalized spacial score (nSPS) is 13.6. The van der Waals surface area contributed by atoms with Crippen LogP contribution < -0.4 is 10.5 Å². The summed E-state index contributed by atoms with van der Waals surface area (Å²) in [7, 11) is 1.80. The van der Waals surface area contributed by atoms with Crippen LogP contribution >= 0.6 is 0 Å². The highest BCUT2D eigenvalue weighted by molar-refractivity contribution is 5.77. The summed E-state index contributed by atoms with van der Waals surface area (Å²) >= 11 is 0. The monoisotopic (exact) mass is 291 g/mol. The molecule has 4 rings (SSSR count). The Morgan fingerprint density at radius 3 is 2.77 bits per heavy atom. The molecule has 0 radical (unpaired) electrons. The van der Waals surface area contributed by atoms with Gasteiger partial charge in [-0.25, -0.2) is 4.98 Å². The molecule has 110 valence electrons. The van der Waals surface area contributed by atoms with Gasteiger partial charge in [-0.3, -0.25) is 9.36 Å². The summed E-state index contributed by atoms with van der Waals surface area (Å²) < 4.78 is 1.67. The van der Waals surface area contributed by atoms with E-state index in [4.69, 9.17) is 4.98 Å². The Labute approximate surface area is 128 Å². The predicted octanol–water partition coefficient (Wildman–Crippen LogP) is 2.50. The van der Waals surface area contributed by atoms with Gasteiger partial charge in [0.2, 0.25) is 0 Å². The number of benzene rings is 2. The fraction of sp³-hybridized carbons (Fsp3) is 0.222. The Hall–Kier alpha value is -2.62. The molecule has 0 bridgehead atoms. The predicted molar refractivity (Wildman–Crippen MR) is 88.2 cm³/mol. The highest BCUT2D eigenvalue weighted by Crippen LogP contribution is 2.28. The lowest BCUT2D eigenvalue weighted by Crippen LogP contribution is -2.28. The van der Waals surface area contributed by atoms with E-state index >= 15 is 0 Å². The molecule has 0 atom stereocenters. The Balaban J connectivity index is 1.77. The fourth-order valence-electron chi connectivity index (χ4n) is 3.15. The van der Waals surface area contributed by atoms with Gasteiger partial charge in [0.25, 0.3) is 5.56 Å². The second kappa shape index (κ2) is 4.98. The van der Waals surface area contributed by atoms with E-state index in [0.29, 0.717) is 11.9 Å². The molecular weight excluding hydrogens is 274 g/mol. The zero-order valence-corrected chi connectivity index (χ0v) is 12.5. The quantitative estimate of drug-likeness (QED) is 0.728. The highest BCUT2D eigenvalue weighted by Gasteiger charge is 2.20. The van der Waals surface area contributed by atoms with Gasteiger partial charge in [-0.05, 0) is 30.2 Å². The van der Waals surface area contributed by atoms with Crippen LogP contribution in [0.4, 0.5) is 5.69 Å². The van der Waals surface area contributed by atoms with Gasteiger partial charge in [0.1, 0.15) is 5.82 Å². The average Bonchev–Trinajstić information content (AvgIpc) is 2.96. The number of hydrogen-bond acceptors (Lipinski definition) is 3. The molecule has 1 aliphatic heterocycles. The summed E-state index contributed by atoms with van der Waals surface area (Å²) in [5.74, 6) is 0.806. The number of nitrogens with zero attached hydrogens (tertiary/aromatic N) is 3. The van der Waals surface area contributed by atoms with Crippen molar-refractivity contribution >= 4 is 16.6 Å². The summed E-state index contributed by atoms with van der Waals surface area (Å²) in [6.45, 7) is 1.63. The zero-order valence-electron chi connectivity index (χ0n) is 12.5. The lowest BCUT2D eigenvalue weighted by molar-refractivity contribution is 0.701. The van der Waals surface area contributed by atoms with Crippen molar-refractivity contribution in [1.82, 2.24) is 9.55 Å². The van der Waals surface area contributed by atoms with Crippen LogP contribution in [0.2, 0.25) is 0 Å². The number of anilines is 1. The molecule has 0 amide bonds. The Morgan fingerprint density at radius 2 is 1.86 bits per heavy atom. The summed E-state index contributed by atoms with van der Waals surface area (Å²) in [6, 6.07) is 16.0. The van der Waals surface area contributed by atoms with Crippen molar-refractivity contribution in [2.45, 2.75) is 13.0 Å². The van der Waals surface area contributed by atoms with Crippen LogP contribution in [0.5, 0.6) is 0 Å². The third-order valence-electron chi connectivity index (χ3n) is 4.39. The van der Waals surface area contributed by atoms with Crippen molar-refractivity contribution in [2.24, 2.45) is 7.05 Å². The third-order valence-corrected chi connectivity index (χ3v) is 4.39. The molecule has 0 fully saturated rings. The standard InChI is InChI=1S/C18H17N3O/c1-20-17(19-15-8-4-3-7-14(15)18(20)22)12-21-11-10-13-6-2-5-9-16(13)21/h2-9H,10-12H2,1H3. The van der Waals surface area contributed by atoms with Crippen LogP contribution in [0.25, 0.3) is 10.9 Å². The van der Waals surface area contributed by atoms with Crippen molar-refractivity contribution in [3.63, 3.8) is 0 Å². The minimum Gasteiger partial charge on any atom is -0.363 e. The fourth-order valence-corrected chi connectivity index (χ4v) is 3.15. The minimum atomic E-state index is 0.0214. The van der Waals surface area contributed by atoms with Gasteiger partial charge in [0, 0.05) is 19.3 Å². The number of aromatic nitrogens is 2. The molecule has 2 heterocycles. The number of para-hydroxylation sites is 2. The average molecular weight is 291 g/mol. The maximum absolute atomic E-state index is 12.5. The first-order valence-corrected chi connectivity index (χ1v) is 7.51. The lowest BCUT2D eigenvalue weighted by Gasteiger charge is -2.20. The molecule has 2 aromatic carbocycles. The SMILES string of the molecule is Cn1c(CN2CCc3ccccc32)nc2ccccc2c1=O. The molecule has 1 aliphatic rings. The van der Waals surface area contributed by atoms with E-state index in [1.165, 1.54) is 11.3 Å². The van der Waals surface area contributed by atoms with Gasteiger partial charge in [-0.15, -0.1) is 0 Å². The maximum Gasteiger partial charge on any atom is 0.261 e. The van der Waals surface area contributed by atoms with Crippen molar-refractivity contribution in [2.75, 3.05) is 11.4 Å². The van der Waals surface area contributed by atoms with E-state index in [9.17, 15) is 4.79 Å². The van der Waals surface area contributed by atoms with Crippen molar-refractivity contribution in [3.05, 3.63) is 70.3 Å². The first-order valence-electron chi connectivity index (χ1n) is 7.51. The van der Waals surface area contributed by atoms with E-state index in [2.05, 4.69) is 29.2 Å². The summed E-state index contributed by atoms with van der Waals surface area (Å²) in [4.78, 5) is 19.5. The zero-order chi connectivity index (χ0) is 15.1.